The van der Waals surface area contributed by atoms with Crippen LogP contribution in [0.3, 0.4) is 0 Å². The lowest BCUT2D eigenvalue weighted by Crippen LogP contribution is -2.43. The predicted molar refractivity (Wildman–Crippen MR) is 122 cm³/mol. The second-order valence-corrected chi connectivity index (χ2v) is 8.77. The molecule has 0 aromatic heterocycles. The summed E-state index contributed by atoms with van der Waals surface area (Å²) in [6.07, 6.45) is 3.98. The zero-order valence-electron chi connectivity index (χ0n) is 16.7. The monoisotopic (exact) mass is 445 g/mol. The summed E-state index contributed by atoms with van der Waals surface area (Å²) in [5, 5.41) is 3.82. The fourth-order valence-electron chi connectivity index (χ4n) is 4.19. The minimum atomic E-state index is -0.235. The number of carbonyl (C=O) groups is 2. The molecule has 2 aliphatic rings. The normalized spacial score (nSPS) is 19.1. The summed E-state index contributed by atoms with van der Waals surface area (Å²) in [7, 11) is 0. The van der Waals surface area contributed by atoms with Crippen LogP contribution in [0.5, 0.6) is 0 Å². The third-order valence-electron chi connectivity index (χ3n) is 5.83. The van der Waals surface area contributed by atoms with E-state index in [9.17, 15) is 9.59 Å². The molecule has 2 amide bonds. The molecule has 2 saturated heterocycles. The van der Waals surface area contributed by atoms with Crippen molar-refractivity contribution >= 4 is 46.4 Å². The van der Waals surface area contributed by atoms with Gasteiger partial charge in [0.15, 0.2) is 0 Å². The Morgan fingerprint density at radius 1 is 0.933 bits per heavy atom. The average molecular weight is 446 g/mol. The summed E-state index contributed by atoms with van der Waals surface area (Å²) < 4.78 is 0. The summed E-state index contributed by atoms with van der Waals surface area (Å²) in [6, 6.07) is 12.9. The SMILES string of the molecule is O=C(Nc1cccc(N2CCCC2)c1)C1CCCN(C(=O)c2ccc(Cl)c(Cl)c2)C1. The quantitative estimate of drug-likeness (QED) is 0.713. The summed E-state index contributed by atoms with van der Waals surface area (Å²) >= 11 is 12.0. The van der Waals surface area contributed by atoms with Gasteiger partial charge in [0, 0.05) is 43.1 Å². The van der Waals surface area contributed by atoms with Gasteiger partial charge in [-0.05, 0) is 62.1 Å². The van der Waals surface area contributed by atoms with E-state index in [4.69, 9.17) is 23.2 Å². The molecule has 30 heavy (non-hydrogen) atoms. The highest BCUT2D eigenvalue weighted by Crippen LogP contribution is 2.27. The summed E-state index contributed by atoms with van der Waals surface area (Å²) in [6.45, 7) is 3.15. The number of benzene rings is 2. The number of anilines is 2. The number of carbonyl (C=O) groups excluding carboxylic acids is 2. The molecule has 1 atom stereocenters. The molecule has 1 unspecified atom stereocenters. The number of hydrogen-bond donors (Lipinski definition) is 1. The number of nitrogens with zero attached hydrogens (tertiary/aromatic N) is 2. The summed E-state index contributed by atoms with van der Waals surface area (Å²) in [5.74, 6) is -0.400. The van der Waals surface area contributed by atoms with Gasteiger partial charge in [0.1, 0.15) is 0 Å². The van der Waals surface area contributed by atoms with Crippen LogP contribution in [0.25, 0.3) is 0 Å². The van der Waals surface area contributed by atoms with Crippen LogP contribution >= 0.6 is 23.2 Å². The van der Waals surface area contributed by atoms with Crippen LogP contribution in [0.15, 0.2) is 42.5 Å². The van der Waals surface area contributed by atoms with Gasteiger partial charge in [-0.25, -0.2) is 0 Å². The number of amides is 2. The van der Waals surface area contributed by atoms with Crippen LogP contribution in [0.4, 0.5) is 11.4 Å². The Morgan fingerprint density at radius 3 is 2.50 bits per heavy atom. The number of hydrogen-bond acceptors (Lipinski definition) is 3. The number of piperidine rings is 1. The topological polar surface area (TPSA) is 52.7 Å². The van der Waals surface area contributed by atoms with Crippen molar-refractivity contribution in [3.8, 4) is 0 Å². The van der Waals surface area contributed by atoms with Crippen LogP contribution in [-0.2, 0) is 4.79 Å². The highest BCUT2D eigenvalue weighted by molar-refractivity contribution is 6.42. The van der Waals surface area contributed by atoms with Crippen molar-refractivity contribution in [3.05, 3.63) is 58.1 Å². The minimum absolute atomic E-state index is 0.0415. The van der Waals surface area contributed by atoms with E-state index in [1.54, 1.807) is 23.1 Å². The molecular formula is C23H25Cl2N3O2. The molecule has 1 N–H and O–H groups in total. The van der Waals surface area contributed by atoms with E-state index in [1.165, 1.54) is 12.8 Å². The minimum Gasteiger partial charge on any atom is -0.371 e. The first-order valence-corrected chi connectivity index (χ1v) is 11.2. The fraction of sp³-hybridized carbons (Fsp3) is 0.391. The molecule has 7 heteroatoms. The molecule has 0 saturated carbocycles. The third kappa shape index (κ3) is 4.73. The summed E-state index contributed by atoms with van der Waals surface area (Å²) in [4.78, 5) is 29.8. The first-order chi connectivity index (χ1) is 14.5. The number of rotatable bonds is 4. The Balaban J connectivity index is 1.40. The van der Waals surface area contributed by atoms with Gasteiger partial charge in [-0.2, -0.15) is 0 Å². The largest absolute Gasteiger partial charge is 0.371 e. The maximum absolute atomic E-state index is 12.9. The molecule has 5 nitrogen and oxygen atoms in total. The Bertz CT molecular complexity index is 944. The van der Waals surface area contributed by atoms with E-state index in [1.807, 2.05) is 18.2 Å². The van der Waals surface area contributed by atoms with Crippen molar-refractivity contribution in [1.82, 2.24) is 4.90 Å². The molecule has 0 spiro atoms. The van der Waals surface area contributed by atoms with E-state index in [0.29, 0.717) is 28.7 Å². The van der Waals surface area contributed by atoms with Crippen molar-refractivity contribution in [2.24, 2.45) is 5.92 Å². The molecule has 0 aliphatic carbocycles. The van der Waals surface area contributed by atoms with Crippen LogP contribution in [0, 0.1) is 5.92 Å². The van der Waals surface area contributed by atoms with Crippen molar-refractivity contribution in [3.63, 3.8) is 0 Å². The summed E-state index contributed by atoms with van der Waals surface area (Å²) in [5.41, 5.74) is 2.44. The zero-order chi connectivity index (χ0) is 21.1. The van der Waals surface area contributed by atoms with E-state index >= 15 is 0 Å². The third-order valence-corrected chi connectivity index (χ3v) is 6.57. The highest BCUT2D eigenvalue weighted by Gasteiger charge is 2.29. The van der Waals surface area contributed by atoms with Crippen LogP contribution < -0.4 is 10.2 Å². The van der Waals surface area contributed by atoms with Crippen molar-refractivity contribution < 1.29 is 9.59 Å². The van der Waals surface area contributed by atoms with Crippen molar-refractivity contribution in [2.75, 3.05) is 36.4 Å². The lowest BCUT2D eigenvalue weighted by molar-refractivity contribution is -0.121. The molecular weight excluding hydrogens is 421 g/mol. The standard InChI is InChI=1S/C23H25Cl2N3O2/c24-20-9-8-16(13-21(20)25)23(30)28-12-4-5-17(15-28)22(29)26-18-6-3-7-19(14-18)27-10-1-2-11-27/h3,6-9,13-14,17H,1-2,4-5,10-12,15H2,(H,26,29). The van der Waals surface area contributed by atoms with Gasteiger partial charge in [0.05, 0.1) is 16.0 Å². The van der Waals surface area contributed by atoms with E-state index in [2.05, 4.69) is 16.3 Å². The van der Waals surface area contributed by atoms with Gasteiger partial charge in [0.25, 0.3) is 5.91 Å². The van der Waals surface area contributed by atoms with Crippen molar-refractivity contribution in [2.45, 2.75) is 25.7 Å². The Kier molecular flexibility index (Phi) is 6.49. The van der Waals surface area contributed by atoms with E-state index < -0.39 is 0 Å². The van der Waals surface area contributed by atoms with Crippen LogP contribution in [0.2, 0.25) is 10.0 Å². The van der Waals surface area contributed by atoms with E-state index in [0.717, 1.165) is 37.3 Å². The smallest absolute Gasteiger partial charge is 0.253 e. The molecule has 2 heterocycles. The van der Waals surface area contributed by atoms with Gasteiger partial charge < -0.3 is 15.1 Å². The zero-order valence-corrected chi connectivity index (χ0v) is 18.3. The van der Waals surface area contributed by atoms with Crippen molar-refractivity contribution in [1.29, 1.82) is 0 Å². The predicted octanol–water partition coefficient (Wildman–Crippen LogP) is 5.08. The highest BCUT2D eigenvalue weighted by atomic mass is 35.5. The maximum Gasteiger partial charge on any atom is 0.253 e. The molecule has 2 aromatic rings. The first kappa shape index (κ1) is 21.0. The maximum atomic E-state index is 12.9. The number of nitrogens with one attached hydrogen (secondary N) is 1. The van der Waals surface area contributed by atoms with Gasteiger partial charge in [-0.15, -0.1) is 0 Å². The molecule has 2 aromatic carbocycles. The second kappa shape index (κ2) is 9.27. The molecule has 2 aliphatic heterocycles. The lowest BCUT2D eigenvalue weighted by Gasteiger charge is -2.32. The molecule has 0 radical (unpaired) electrons. The first-order valence-electron chi connectivity index (χ1n) is 10.4. The lowest BCUT2D eigenvalue weighted by atomic mass is 9.96. The molecule has 0 bridgehead atoms. The van der Waals surface area contributed by atoms with Crippen LogP contribution in [0.1, 0.15) is 36.0 Å². The van der Waals surface area contributed by atoms with Gasteiger partial charge in [0.2, 0.25) is 5.91 Å². The Morgan fingerprint density at radius 2 is 1.73 bits per heavy atom. The molecule has 2 fully saturated rings. The van der Waals surface area contributed by atoms with Gasteiger partial charge in [-0.3, -0.25) is 9.59 Å². The van der Waals surface area contributed by atoms with Gasteiger partial charge in [-0.1, -0.05) is 29.3 Å². The van der Waals surface area contributed by atoms with Crippen LogP contribution in [-0.4, -0.2) is 42.9 Å². The van der Waals surface area contributed by atoms with E-state index in [-0.39, 0.29) is 17.7 Å². The fourth-order valence-corrected chi connectivity index (χ4v) is 4.49. The Labute approximate surface area is 186 Å². The average Bonchev–Trinajstić information content (AvgIpc) is 3.30. The number of likely N-dealkylation sites (tertiary alicyclic amines) is 1. The Hall–Kier alpha value is -2.24. The molecule has 158 valence electrons. The number of halogens is 2. The van der Waals surface area contributed by atoms with Gasteiger partial charge >= 0.3 is 0 Å². The second-order valence-electron chi connectivity index (χ2n) is 7.95. The molecule has 4 rings (SSSR count).